The van der Waals surface area contributed by atoms with Crippen LogP contribution < -0.4 is 0 Å². The van der Waals surface area contributed by atoms with Crippen molar-refractivity contribution in [3.05, 3.63) is 12.2 Å². The van der Waals surface area contributed by atoms with Crippen molar-refractivity contribution in [2.75, 3.05) is 0 Å². The average molecular weight is 286 g/mol. The largest absolute Gasteiger partial charge is 0.300 e. The summed E-state index contributed by atoms with van der Waals surface area (Å²) in [4.78, 5) is 24.1. The zero-order valence-corrected chi connectivity index (χ0v) is 13.2. The minimum absolute atomic E-state index is 0.116. The molecule has 0 unspecified atom stereocenters. The molecule has 2 nitrogen and oxygen atoms in total. The molecule has 3 saturated carbocycles. The number of carbonyl (C=O) groups excluding carboxylic acids is 2. The molecule has 21 heavy (non-hydrogen) atoms. The lowest BCUT2D eigenvalue weighted by atomic mass is 9.45. The monoisotopic (exact) mass is 286 g/mol. The van der Waals surface area contributed by atoms with Gasteiger partial charge in [-0.3, -0.25) is 9.59 Å². The van der Waals surface area contributed by atoms with Gasteiger partial charge in [0.05, 0.1) is 0 Å². The zero-order valence-electron chi connectivity index (χ0n) is 13.2. The summed E-state index contributed by atoms with van der Waals surface area (Å²) in [7, 11) is 0. The van der Waals surface area contributed by atoms with Crippen LogP contribution in [0.3, 0.4) is 0 Å². The van der Waals surface area contributed by atoms with Crippen molar-refractivity contribution >= 4 is 11.6 Å². The van der Waals surface area contributed by atoms with E-state index in [0.717, 1.165) is 31.6 Å². The van der Waals surface area contributed by atoms with Gasteiger partial charge in [0.1, 0.15) is 5.78 Å². The quantitative estimate of drug-likeness (QED) is 0.676. The Bertz CT molecular complexity index is 534. The Labute approximate surface area is 127 Å². The highest BCUT2D eigenvalue weighted by molar-refractivity contribution is 5.97. The minimum Gasteiger partial charge on any atom is -0.300 e. The Morgan fingerprint density at radius 2 is 1.90 bits per heavy atom. The lowest BCUT2D eigenvalue weighted by Crippen LogP contribution is -2.53. The van der Waals surface area contributed by atoms with Gasteiger partial charge in [-0.1, -0.05) is 19.9 Å². The van der Waals surface area contributed by atoms with E-state index in [9.17, 15) is 9.59 Å². The molecule has 0 spiro atoms. The molecule has 114 valence electrons. The molecular weight excluding hydrogens is 260 g/mol. The molecule has 4 aliphatic carbocycles. The summed E-state index contributed by atoms with van der Waals surface area (Å²) in [6, 6.07) is 0. The van der Waals surface area contributed by atoms with E-state index in [1.165, 1.54) is 19.3 Å². The SMILES string of the molecule is C[C@]12CCC(=O)C[C@@H]1CC[C@H]1[C@H]2CC[C@]2(C)C(=O)C=C[C@@H]12. The van der Waals surface area contributed by atoms with Crippen LogP contribution in [0, 0.1) is 34.5 Å². The number of rotatable bonds is 0. The van der Waals surface area contributed by atoms with E-state index in [2.05, 4.69) is 19.9 Å². The first-order valence-electron chi connectivity index (χ1n) is 8.69. The van der Waals surface area contributed by atoms with Crippen molar-refractivity contribution in [1.82, 2.24) is 0 Å². The van der Waals surface area contributed by atoms with Gasteiger partial charge in [0.25, 0.3) is 0 Å². The highest BCUT2D eigenvalue weighted by atomic mass is 16.1. The Hall–Kier alpha value is -0.920. The van der Waals surface area contributed by atoms with Gasteiger partial charge in [0, 0.05) is 18.3 Å². The fourth-order valence-electron chi connectivity index (χ4n) is 6.32. The fourth-order valence-corrected chi connectivity index (χ4v) is 6.32. The first-order valence-corrected chi connectivity index (χ1v) is 8.69. The summed E-state index contributed by atoms with van der Waals surface area (Å²) < 4.78 is 0. The van der Waals surface area contributed by atoms with E-state index in [1.54, 1.807) is 0 Å². The summed E-state index contributed by atoms with van der Waals surface area (Å²) in [6.07, 6.45) is 11.4. The third-order valence-electron chi connectivity index (χ3n) is 7.75. The van der Waals surface area contributed by atoms with Gasteiger partial charge in [-0.25, -0.2) is 0 Å². The zero-order chi connectivity index (χ0) is 14.8. The highest BCUT2D eigenvalue weighted by Gasteiger charge is 2.58. The first-order chi connectivity index (χ1) is 9.95. The Morgan fingerprint density at radius 1 is 1.10 bits per heavy atom. The van der Waals surface area contributed by atoms with E-state index < -0.39 is 0 Å². The summed E-state index contributed by atoms with van der Waals surface area (Å²) in [6.45, 7) is 4.64. The van der Waals surface area contributed by atoms with Crippen molar-refractivity contribution < 1.29 is 9.59 Å². The minimum atomic E-state index is -0.116. The Morgan fingerprint density at radius 3 is 2.71 bits per heavy atom. The van der Waals surface area contributed by atoms with Crippen LogP contribution >= 0.6 is 0 Å². The van der Waals surface area contributed by atoms with Gasteiger partial charge < -0.3 is 0 Å². The third kappa shape index (κ3) is 1.71. The van der Waals surface area contributed by atoms with Crippen molar-refractivity contribution in [2.45, 2.75) is 58.8 Å². The average Bonchev–Trinajstić information content (AvgIpc) is 2.76. The topological polar surface area (TPSA) is 34.1 Å². The molecule has 4 rings (SSSR count). The molecule has 0 aromatic carbocycles. The fraction of sp³-hybridized carbons (Fsp3) is 0.789. The number of ketones is 2. The maximum Gasteiger partial charge on any atom is 0.161 e. The molecule has 0 saturated heterocycles. The molecule has 0 radical (unpaired) electrons. The van der Waals surface area contributed by atoms with E-state index >= 15 is 0 Å². The van der Waals surface area contributed by atoms with Gasteiger partial charge in [0.2, 0.25) is 0 Å². The maximum atomic E-state index is 12.3. The summed E-state index contributed by atoms with van der Waals surface area (Å²) in [5.74, 6) is 3.29. The number of fused-ring (bicyclic) bond motifs is 5. The van der Waals surface area contributed by atoms with Crippen molar-refractivity contribution in [1.29, 1.82) is 0 Å². The molecule has 3 fully saturated rings. The van der Waals surface area contributed by atoms with Crippen LogP contribution in [-0.4, -0.2) is 11.6 Å². The van der Waals surface area contributed by atoms with Crippen LogP contribution in [0.2, 0.25) is 0 Å². The molecular formula is C19H26O2. The van der Waals surface area contributed by atoms with Crippen LogP contribution in [0.5, 0.6) is 0 Å². The van der Waals surface area contributed by atoms with Crippen LogP contribution in [0.1, 0.15) is 58.8 Å². The number of Topliss-reactive ketones (excluding diaryl/α,β-unsaturated/α-hetero) is 1. The summed E-state index contributed by atoms with van der Waals surface area (Å²) in [5.41, 5.74) is 0.229. The normalized spacial score (nSPS) is 52.3. The van der Waals surface area contributed by atoms with Crippen molar-refractivity contribution in [3.63, 3.8) is 0 Å². The van der Waals surface area contributed by atoms with Crippen LogP contribution in [0.4, 0.5) is 0 Å². The molecule has 0 N–H and O–H groups in total. The van der Waals surface area contributed by atoms with Gasteiger partial charge in [-0.2, -0.15) is 0 Å². The van der Waals surface area contributed by atoms with Gasteiger partial charge in [-0.05, 0) is 67.3 Å². The number of allylic oxidation sites excluding steroid dienone is 2. The standard InChI is InChI=1S/C19H26O2/c1-18-9-7-13(20)11-12(18)3-4-14-15-5-6-17(21)19(15,2)10-8-16(14)18/h5-6,12,14-16H,3-4,7-11H2,1-2H3/t12-,14+,15-,16+,18-,19-/m0/s1. The van der Waals surface area contributed by atoms with Crippen LogP contribution in [0.25, 0.3) is 0 Å². The first kappa shape index (κ1) is 13.7. The lowest BCUT2D eigenvalue weighted by molar-refractivity contribution is -0.142. The third-order valence-corrected chi connectivity index (χ3v) is 7.75. The smallest absolute Gasteiger partial charge is 0.161 e. The molecule has 0 aliphatic heterocycles. The van der Waals surface area contributed by atoms with Crippen LogP contribution in [0.15, 0.2) is 12.2 Å². The lowest BCUT2D eigenvalue weighted by Gasteiger charge is -2.59. The second-order valence-electron chi connectivity index (χ2n) is 8.50. The predicted molar refractivity (Wildman–Crippen MR) is 81.6 cm³/mol. The number of hydrogen-bond donors (Lipinski definition) is 0. The number of hydrogen-bond acceptors (Lipinski definition) is 2. The molecule has 0 aromatic rings. The van der Waals surface area contributed by atoms with Crippen molar-refractivity contribution in [3.8, 4) is 0 Å². The van der Waals surface area contributed by atoms with Crippen LogP contribution in [-0.2, 0) is 9.59 Å². The van der Waals surface area contributed by atoms with E-state index in [0.29, 0.717) is 34.7 Å². The number of carbonyl (C=O) groups is 2. The predicted octanol–water partition coefficient (Wildman–Crippen LogP) is 3.94. The maximum absolute atomic E-state index is 12.3. The molecule has 0 heterocycles. The van der Waals surface area contributed by atoms with E-state index in [1.807, 2.05) is 6.08 Å². The molecule has 2 heteroatoms. The molecule has 0 amide bonds. The Kier molecular flexibility index (Phi) is 2.81. The summed E-state index contributed by atoms with van der Waals surface area (Å²) >= 11 is 0. The highest BCUT2D eigenvalue weighted by Crippen LogP contribution is 2.63. The molecule has 0 aromatic heterocycles. The Balaban J connectivity index is 1.67. The summed E-state index contributed by atoms with van der Waals surface area (Å²) in [5, 5.41) is 0. The van der Waals surface area contributed by atoms with Gasteiger partial charge in [-0.15, -0.1) is 0 Å². The second kappa shape index (κ2) is 4.30. The van der Waals surface area contributed by atoms with Crippen molar-refractivity contribution in [2.24, 2.45) is 34.5 Å². The van der Waals surface area contributed by atoms with Gasteiger partial charge >= 0.3 is 0 Å². The van der Waals surface area contributed by atoms with E-state index in [-0.39, 0.29) is 5.41 Å². The van der Waals surface area contributed by atoms with E-state index in [4.69, 9.17) is 0 Å². The second-order valence-corrected chi connectivity index (χ2v) is 8.50. The van der Waals surface area contributed by atoms with Gasteiger partial charge in [0.15, 0.2) is 5.78 Å². The molecule has 0 bridgehead atoms. The molecule has 4 aliphatic rings. The molecule has 6 atom stereocenters.